The number of ether oxygens (including phenoxy) is 3. The molecule has 0 saturated carbocycles. The van der Waals surface area contributed by atoms with Gasteiger partial charge in [0.15, 0.2) is 6.04 Å². The standard InChI is InChI=1S/C17H20N2O5/c1-5-24-17(21)11(2)19-16(20)9-8-14(18-19)13-7-6-12(22-3)10-15(13)23-4/h6-11H,5H2,1-4H3. The van der Waals surface area contributed by atoms with Crippen molar-refractivity contribution in [1.82, 2.24) is 9.78 Å². The Morgan fingerprint density at radius 3 is 2.58 bits per heavy atom. The lowest BCUT2D eigenvalue weighted by molar-refractivity contribution is -0.147. The number of carbonyl (C=O) groups is 1. The third kappa shape index (κ3) is 3.56. The Balaban J connectivity index is 2.48. The lowest BCUT2D eigenvalue weighted by Crippen LogP contribution is -2.31. The topological polar surface area (TPSA) is 79.7 Å². The lowest BCUT2D eigenvalue weighted by Gasteiger charge is -2.15. The molecule has 0 aliphatic rings. The Hall–Kier alpha value is -2.83. The van der Waals surface area contributed by atoms with Gasteiger partial charge in [0.1, 0.15) is 11.5 Å². The molecule has 7 nitrogen and oxygen atoms in total. The minimum atomic E-state index is -0.818. The average Bonchev–Trinajstić information content (AvgIpc) is 2.61. The van der Waals surface area contributed by atoms with E-state index in [4.69, 9.17) is 14.2 Å². The minimum Gasteiger partial charge on any atom is -0.497 e. The van der Waals surface area contributed by atoms with Crippen LogP contribution in [-0.4, -0.2) is 36.6 Å². The van der Waals surface area contributed by atoms with Crippen molar-refractivity contribution in [3.8, 4) is 22.8 Å². The van der Waals surface area contributed by atoms with E-state index in [9.17, 15) is 9.59 Å². The highest BCUT2D eigenvalue weighted by Crippen LogP contribution is 2.31. The summed E-state index contributed by atoms with van der Waals surface area (Å²) in [6.45, 7) is 3.52. The van der Waals surface area contributed by atoms with Crippen molar-refractivity contribution in [3.63, 3.8) is 0 Å². The summed E-state index contributed by atoms with van der Waals surface area (Å²) >= 11 is 0. The van der Waals surface area contributed by atoms with Gasteiger partial charge in [-0.2, -0.15) is 5.10 Å². The summed E-state index contributed by atoms with van der Waals surface area (Å²) in [5, 5.41) is 4.29. The van der Waals surface area contributed by atoms with Crippen LogP contribution in [0.15, 0.2) is 35.1 Å². The predicted octanol–water partition coefficient (Wildman–Crippen LogP) is 2.05. The highest BCUT2D eigenvalue weighted by molar-refractivity contribution is 5.74. The molecule has 1 aromatic carbocycles. The second-order valence-electron chi connectivity index (χ2n) is 5.00. The van der Waals surface area contributed by atoms with Crippen LogP contribution in [0.4, 0.5) is 0 Å². The number of aromatic nitrogens is 2. The van der Waals surface area contributed by atoms with Crippen LogP contribution in [0.1, 0.15) is 19.9 Å². The molecule has 2 aromatic rings. The minimum absolute atomic E-state index is 0.240. The van der Waals surface area contributed by atoms with Crippen molar-refractivity contribution in [1.29, 1.82) is 0 Å². The molecule has 2 rings (SSSR count). The average molecular weight is 332 g/mol. The molecule has 0 amide bonds. The summed E-state index contributed by atoms with van der Waals surface area (Å²) in [4.78, 5) is 23.9. The number of nitrogens with zero attached hydrogens (tertiary/aromatic N) is 2. The fourth-order valence-electron chi connectivity index (χ4n) is 2.22. The van der Waals surface area contributed by atoms with E-state index in [1.807, 2.05) is 0 Å². The summed E-state index contributed by atoms with van der Waals surface area (Å²) in [5.74, 6) is 0.686. The van der Waals surface area contributed by atoms with Crippen molar-refractivity contribution in [3.05, 3.63) is 40.7 Å². The molecule has 0 saturated heterocycles. The Kier molecular flexibility index (Phi) is 5.57. The highest BCUT2D eigenvalue weighted by Gasteiger charge is 2.20. The van der Waals surface area contributed by atoms with Crippen molar-refractivity contribution in [2.45, 2.75) is 19.9 Å². The van der Waals surface area contributed by atoms with E-state index in [1.165, 1.54) is 13.2 Å². The van der Waals surface area contributed by atoms with Crippen LogP contribution in [0.25, 0.3) is 11.3 Å². The maximum atomic E-state index is 12.0. The second kappa shape index (κ2) is 7.63. The van der Waals surface area contributed by atoms with Gasteiger partial charge in [-0.25, -0.2) is 9.48 Å². The summed E-state index contributed by atoms with van der Waals surface area (Å²) in [6.07, 6.45) is 0. The third-order valence-corrected chi connectivity index (χ3v) is 3.50. The van der Waals surface area contributed by atoms with Gasteiger partial charge >= 0.3 is 5.97 Å². The molecule has 0 aliphatic carbocycles. The molecule has 0 bridgehead atoms. The van der Waals surface area contributed by atoms with Gasteiger partial charge in [-0.3, -0.25) is 4.79 Å². The summed E-state index contributed by atoms with van der Waals surface area (Å²) in [7, 11) is 3.10. The van der Waals surface area contributed by atoms with E-state index >= 15 is 0 Å². The van der Waals surface area contributed by atoms with E-state index in [0.29, 0.717) is 22.8 Å². The molecule has 0 fully saturated rings. The second-order valence-corrected chi connectivity index (χ2v) is 5.00. The Bertz CT molecular complexity index is 785. The van der Waals surface area contributed by atoms with Crippen molar-refractivity contribution in [2.24, 2.45) is 0 Å². The van der Waals surface area contributed by atoms with Crippen molar-refractivity contribution < 1.29 is 19.0 Å². The first-order valence-electron chi connectivity index (χ1n) is 7.50. The molecule has 1 heterocycles. The molecule has 0 N–H and O–H groups in total. The number of methoxy groups -OCH3 is 2. The maximum Gasteiger partial charge on any atom is 0.330 e. The quantitative estimate of drug-likeness (QED) is 0.753. The smallest absolute Gasteiger partial charge is 0.330 e. The lowest BCUT2D eigenvalue weighted by atomic mass is 10.1. The van der Waals surface area contributed by atoms with Crippen LogP contribution in [-0.2, 0) is 9.53 Å². The Morgan fingerprint density at radius 2 is 1.96 bits per heavy atom. The largest absolute Gasteiger partial charge is 0.497 e. The van der Waals surface area contributed by atoms with Crippen LogP contribution in [0.5, 0.6) is 11.5 Å². The van der Waals surface area contributed by atoms with Crippen molar-refractivity contribution in [2.75, 3.05) is 20.8 Å². The zero-order valence-corrected chi connectivity index (χ0v) is 14.1. The van der Waals surface area contributed by atoms with Crippen LogP contribution in [0.3, 0.4) is 0 Å². The summed E-state index contributed by atoms with van der Waals surface area (Å²) in [6, 6.07) is 7.40. The van der Waals surface area contributed by atoms with E-state index in [2.05, 4.69) is 5.10 Å². The number of rotatable bonds is 6. The van der Waals surface area contributed by atoms with Gasteiger partial charge in [0, 0.05) is 17.7 Å². The van der Waals surface area contributed by atoms with E-state index in [1.54, 1.807) is 45.2 Å². The first-order chi connectivity index (χ1) is 11.5. The monoisotopic (exact) mass is 332 g/mol. The third-order valence-electron chi connectivity index (χ3n) is 3.50. The molecular weight excluding hydrogens is 312 g/mol. The first kappa shape index (κ1) is 17.5. The van der Waals surface area contributed by atoms with Crippen LogP contribution in [0, 0.1) is 0 Å². The number of carbonyl (C=O) groups excluding carboxylic acids is 1. The van der Waals surface area contributed by atoms with Gasteiger partial charge in [-0.15, -0.1) is 0 Å². The van der Waals surface area contributed by atoms with Crippen LogP contribution >= 0.6 is 0 Å². The molecule has 128 valence electrons. The van der Waals surface area contributed by atoms with Crippen LogP contribution in [0.2, 0.25) is 0 Å². The van der Waals surface area contributed by atoms with Gasteiger partial charge in [0.05, 0.1) is 26.5 Å². The fraction of sp³-hybridized carbons (Fsp3) is 0.353. The van der Waals surface area contributed by atoms with Gasteiger partial charge in [0.2, 0.25) is 0 Å². The molecule has 1 unspecified atom stereocenters. The van der Waals surface area contributed by atoms with Gasteiger partial charge in [0.25, 0.3) is 5.56 Å². The number of hydrogen-bond donors (Lipinski definition) is 0. The maximum absolute atomic E-state index is 12.0. The molecule has 7 heteroatoms. The molecule has 1 aromatic heterocycles. The van der Waals surface area contributed by atoms with Crippen molar-refractivity contribution >= 4 is 5.97 Å². The fourth-order valence-corrected chi connectivity index (χ4v) is 2.22. The van der Waals surface area contributed by atoms with E-state index in [-0.39, 0.29) is 12.2 Å². The van der Waals surface area contributed by atoms with E-state index in [0.717, 1.165) is 4.68 Å². The van der Waals surface area contributed by atoms with Gasteiger partial charge < -0.3 is 14.2 Å². The normalized spacial score (nSPS) is 11.7. The molecule has 0 aliphatic heterocycles. The Morgan fingerprint density at radius 1 is 1.21 bits per heavy atom. The van der Waals surface area contributed by atoms with Gasteiger partial charge in [-0.1, -0.05) is 0 Å². The Labute approximate surface area is 139 Å². The predicted molar refractivity (Wildman–Crippen MR) is 88.4 cm³/mol. The molecule has 1 atom stereocenters. The summed E-state index contributed by atoms with van der Waals surface area (Å²) < 4.78 is 16.6. The van der Waals surface area contributed by atoms with E-state index < -0.39 is 12.0 Å². The number of benzene rings is 1. The SMILES string of the molecule is CCOC(=O)C(C)n1nc(-c2ccc(OC)cc2OC)ccc1=O. The molecule has 0 spiro atoms. The highest BCUT2D eigenvalue weighted by atomic mass is 16.5. The zero-order chi connectivity index (χ0) is 17.7. The number of hydrogen-bond acceptors (Lipinski definition) is 6. The molecular formula is C17H20N2O5. The summed E-state index contributed by atoms with van der Waals surface area (Å²) in [5.41, 5.74) is 0.806. The van der Waals surface area contributed by atoms with Gasteiger partial charge in [-0.05, 0) is 32.0 Å². The molecule has 24 heavy (non-hydrogen) atoms. The zero-order valence-electron chi connectivity index (χ0n) is 14.1. The van der Waals surface area contributed by atoms with Crippen LogP contribution < -0.4 is 15.0 Å². The number of esters is 1. The first-order valence-corrected chi connectivity index (χ1v) is 7.50. The molecule has 0 radical (unpaired) electrons.